The number of hydrogen-bond donors (Lipinski definition) is 3. The van der Waals surface area contributed by atoms with Gasteiger partial charge in [-0.2, -0.15) is 5.10 Å². The van der Waals surface area contributed by atoms with Crippen molar-refractivity contribution in [2.24, 2.45) is 0 Å². The van der Waals surface area contributed by atoms with E-state index in [1.807, 2.05) is 6.92 Å². The van der Waals surface area contributed by atoms with Crippen LogP contribution in [0.2, 0.25) is 0 Å². The van der Waals surface area contributed by atoms with Crippen molar-refractivity contribution in [3.63, 3.8) is 0 Å². The molecule has 0 saturated carbocycles. The van der Waals surface area contributed by atoms with Gasteiger partial charge in [-0.3, -0.25) is 9.89 Å². The summed E-state index contributed by atoms with van der Waals surface area (Å²) in [5, 5.41) is 9.55. The SMILES string of the molecule is Cc1[nH]ncc1CNC(=O)c1cc(N)ccc1Br. The fourth-order valence-corrected chi connectivity index (χ4v) is 1.97. The Morgan fingerprint density at radius 1 is 1.56 bits per heavy atom. The third-order valence-electron chi connectivity index (χ3n) is 2.61. The minimum atomic E-state index is -0.172. The van der Waals surface area contributed by atoms with Crippen LogP contribution in [-0.4, -0.2) is 16.1 Å². The van der Waals surface area contributed by atoms with E-state index in [1.54, 1.807) is 24.4 Å². The van der Waals surface area contributed by atoms with Crippen molar-refractivity contribution in [1.82, 2.24) is 15.5 Å². The Hall–Kier alpha value is -1.82. The molecule has 1 aromatic heterocycles. The monoisotopic (exact) mass is 308 g/mol. The number of aryl methyl sites for hydroxylation is 1. The van der Waals surface area contributed by atoms with Crippen LogP contribution in [-0.2, 0) is 6.54 Å². The minimum Gasteiger partial charge on any atom is -0.399 e. The number of H-pyrrole nitrogens is 1. The van der Waals surface area contributed by atoms with Crippen LogP contribution in [0, 0.1) is 6.92 Å². The highest BCUT2D eigenvalue weighted by atomic mass is 79.9. The topological polar surface area (TPSA) is 83.8 Å². The van der Waals surface area contributed by atoms with Gasteiger partial charge in [-0.1, -0.05) is 0 Å². The van der Waals surface area contributed by atoms with Crippen molar-refractivity contribution in [2.75, 3.05) is 5.73 Å². The van der Waals surface area contributed by atoms with Gasteiger partial charge >= 0.3 is 0 Å². The van der Waals surface area contributed by atoms with E-state index in [2.05, 4.69) is 31.4 Å². The Bertz CT molecular complexity index is 579. The van der Waals surface area contributed by atoms with E-state index < -0.39 is 0 Å². The smallest absolute Gasteiger partial charge is 0.252 e. The first-order valence-corrected chi connectivity index (χ1v) is 6.19. The summed E-state index contributed by atoms with van der Waals surface area (Å²) in [6.07, 6.45) is 1.70. The molecule has 2 rings (SSSR count). The zero-order valence-corrected chi connectivity index (χ0v) is 11.4. The Morgan fingerprint density at radius 2 is 2.33 bits per heavy atom. The van der Waals surface area contributed by atoms with Crippen LogP contribution in [0.5, 0.6) is 0 Å². The first-order valence-electron chi connectivity index (χ1n) is 5.40. The molecule has 0 atom stereocenters. The molecule has 0 aliphatic rings. The van der Waals surface area contributed by atoms with Gasteiger partial charge in [0.1, 0.15) is 0 Å². The second-order valence-electron chi connectivity index (χ2n) is 3.94. The van der Waals surface area contributed by atoms with Gasteiger partial charge in [0.25, 0.3) is 5.91 Å². The second kappa shape index (κ2) is 5.22. The Balaban J connectivity index is 2.08. The molecule has 4 N–H and O–H groups in total. The van der Waals surface area contributed by atoms with E-state index in [0.29, 0.717) is 17.8 Å². The van der Waals surface area contributed by atoms with E-state index in [-0.39, 0.29) is 5.91 Å². The number of halogens is 1. The quantitative estimate of drug-likeness (QED) is 0.758. The zero-order valence-electron chi connectivity index (χ0n) is 9.83. The number of nitrogens with zero attached hydrogens (tertiary/aromatic N) is 1. The zero-order chi connectivity index (χ0) is 13.1. The number of nitrogens with two attached hydrogens (primary N) is 1. The highest BCUT2D eigenvalue weighted by Crippen LogP contribution is 2.19. The Morgan fingerprint density at radius 3 is 3.00 bits per heavy atom. The lowest BCUT2D eigenvalue weighted by molar-refractivity contribution is 0.0950. The summed E-state index contributed by atoms with van der Waals surface area (Å²) in [7, 11) is 0. The number of hydrogen-bond acceptors (Lipinski definition) is 3. The lowest BCUT2D eigenvalue weighted by atomic mass is 10.2. The molecule has 0 aliphatic heterocycles. The molecular formula is C12H13BrN4O. The number of anilines is 1. The molecule has 0 spiro atoms. The number of aromatic nitrogens is 2. The van der Waals surface area contributed by atoms with Crippen molar-refractivity contribution < 1.29 is 4.79 Å². The molecule has 0 bridgehead atoms. The lowest BCUT2D eigenvalue weighted by Crippen LogP contribution is -2.23. The number of carbonyl (C=O) groups excluding carboxylic acids is 1. The molecule has 0 radical (unpaired) electrons. The third-order valence-corrected chi connectivity index (χ3v) is 3.30. The summed E-state index contributed by atoms with van der Waals surface area (Å²) in [6, 6.07) is 5.13. The van der Waals surface area contributed by atoms with Gasteiger partial charge in [0.05, 0.1) is 11.8 Å². The highest BCUT2D eigenvalue weighted by Gasteiger charge is 2.10. The van der Waals surface area contributed by atoms with Crippen LogP contribution in [0.25, 0.3) is 0 Å². The number of rotatable bonds is 3. The molecule has 0 aliphatic carbocycles. The average molecular weight is 309 g/mol. The summed E-state index contributed by atoms with van der Waals surface area (Å²) >= 11 is 3.33. The van der Waals surface area contributed by atoms with Gasteiger partial charge < -0.3 is 11.1 Å². The maximum absolute atomic E-state index is 12.0. The van der Waals surface area contributed by atoms with Crippen LogP contribution in [0.4, 0.5) is 5.69 Å². The summed E-state index contributed by atoms with van der Waals surface area (Å²) in [6.45, 7) is 2.34. The van der Waals surface area contributed by atoms with Gasteiger partial charge in [-0.05, 0) is 41.1 Å². The van der Waals surface area contributed by atoms with Gasteiger partial charge in [0, 0.05) is 28.0 Å². The molecule has 5 nitrogen and oxygen atoms in total. The third kappa shape index (κ3) is 2.70. The van der Waals surface area contributed by atoms with E-state index in [9.17, 15) is 4.79 Å². The molecule has 94 valence electrons. The summed E-state index contributed by atoms with van der Waals surface area (Å²) < 4.78 is 0.720. The normalized spacial score (nSPS) is 10.3. The minimum absolute atomic E-state index is 0.172. The number of amides is 1. The fraction of sp³-hybridized carbons (Fsp3) is 0.167. The number of nitrogens with one attached hydrogen (secondary N) is 2. The van der Waals surface area contributed by atoms with Crippen molar-refractivity contribution >= 4 is 27.5 Å². The van der Waals surface area contributed by atoms with Gasteiger partial charge in [0.2, 0.25) is 0 Å². The highest BCUT2D eigenvalue weighted by molar-refractivity contribution is 9.10. The first kappa shape index (κ1) is 12.6. The maximum atomic E-state index is 12.0. The molecule has 1 heterocycles. The molecule has 1 amide bonds. The maximum Gasteiger partial charge on any atom is 0.252 e. The molecule has 0 unspecified atom stereocenters. The van der Waals surface area contributed by atoms with E-state index in [0.717, 1.165) is 15.7 Å². The molecule has 2 aromatic rings. The van der Waals surface area contributed by atoms with E-state index in [1.165, 1.54) is 0 Å². The number of nitrogen functional groups attached to an aromatic ring is 1. The fourth-order valence-electron chi connectivity index (χ4n) is 1.54. The first-order chi connectivity index (χ1) is 8.58. The molecule has 18 heavy (non-hydrogen) atoms. The largest absolute Gasteiger partial charge is 0.399 e. The van der Waals surface area contributed by atoms with E-state index in [4.69, 9.17) is 5.73 Å². The second-order valence-corrected chi connectivity index (χ2v) is 4.80. The number of aromatic amines is 1. The van der Waals surface area contributed by atoms with Crippen molar-refractivity contribution in [3.05, 3.63) is 45.7 Å². The summed E-state index contributed by atoms with van der Waals surface area (Å²) in [4.78, 5) is 12.0. The Kier molecular flexibility index (Phi) is 3.66. The van der Waals surface area contributed by atoms with Crippen molar-refractivity contribution in [1.29, 1.82) is 0 Å². The average Bonchev–Trinajstić information content (AvgIpc) is 2.75. The van der Waals surface area contributed by atoms with Crippen LogP contribution >= 0.6 is 15.9 Å². The van der Waals surface area contributed by atoms with E-state index >= 15 is 0 Å². The Labute approximate surface area is 113 Å². The lowest BCUT2D eigenvalue weighted by Gasteiger charge is -2.07. The molecule has 0 fully saturated rings. The van der Waals surface area contributed by atoms with Crippen LogP contribution < -0.4 is 11.1 Å². The standard InChI is InChI=1S/C12H13BrN4O/c1-7-8(6-16-17-7)5-15-12(18)10-4-9(14)2-3-11(10)13/h2-4,6H,5,14H2,1H3,(H,15,18)(H,16,17). The summed E-state index contributed by atoms with van der Waals surface area (Å²) in [5.41, 5.74) is 8.65. The number of benzene rings is 1. The van der Waals surface area contributed by atoms with Crippen molar-refractivity contribution in [2.45, 2.75) is 13.5 Å². The molecular weight excluding hydrogens is 296 g/mol. The van der Waals surface area contributed by atoms with Gasteiger partial charge in [-0.15, -0.1) is 0 Å². The predicted molar refractivity (Wildman–Crippen MR) is 73.0 cm³/mol. The molecule has 1 aromatic carbocycles. The summed E-state index contributed by atoms with van der Waals surface area (Å²) in [5.74, 6) is -0.172. The van der Waals surface area contributed by atoms with Crippen LogP contribution in [0.15, 0.2) is 28.9 Å². The van der Waals surface area contributed by atoms with Crippen LogP contribution in [0.1, 0.15) is 21.6 Å². The van der Waals surface area contributed by atoms with Gasteiger partial charge in [-0.25, -0.2) is 0 Å². The molecule has 0 saturated heterocycles. The molecule has 6 heteroatoms. The number of carbonyl (C=O) groups is 1. The predicted octanol–water partition coefficient (Wildman–Crippen LogP) is 1.99. The van der Waals surface area contributed by atoms with Gasteiger partial charge in [0.15, 0.2) is 0 Å². The van der Waals surface area contributed by atoms with Crippen LogP contribution in [0.3, 0.4) is 0 Å². The van der Waals surface area contributed by atoms with Crippen molar-refractivity contribution in [3.8, 4) is 0 Å².